The Hall–Kier alpha value is -3.38. The van der Waals surface area contributed by atoms with Gasteiger partial charge in [0, 0.05) is 18.3 Å². The third-order valence-electron chi connectivity index (χ3n) is 5.77. The Bertz CT molecular complexity index is 1290. The second-order valence-electron chi connectivity index (χ2n) is 7.86. The van der Waals surface area contributed by atoms with Crippen molar-refractivity contribution in [1.82, 2.24) is 0 Å². The molecule has 0 radical (unpaired) electrons. The highest BCUT2D eigenvalue weighted by Gasteiger charge is 2.28. The first-order valence-electron chi connectivity index (χ1n) is 10.3. The summed E-state index contributed by atoms with van der Waals surface area (Å²) in [5, 5.41) is 2.92. The lowest BCUT2D eigenvalue weighted by Gasteiger charge is -2.16. The lowest BCUT2D eigenvalue weighted by molar-refractivity contribution is -0.111. The fraction of sp³-hybridized carbons (Fsp3) is 0.160. The number of benzene rings is 3. The first kappa shape index (κ1) is 19.6. The number of hydrogen-bond acceptors (Lipinski definition) is 3. The average molecular weight is 431 g/mol. The molecule has 0 unspecified atom stereocenters. The fourth-order valence-electron chi connectivity index (χ4n) is 4.26. The molecule has 1 heterocycles. The van der Waals surface area contributed by atoms with Crippen LogP contribution in [-0.2, 0) is 21.2 Å². The van der Waals surface area contributed by atoms with Crippen LogP contribution in [-0.4, -0.2) is 26.6 Å². The molecule has 1 aliphatic heterocycles. The summed E-state index contributed by atoms with van der Waals surface area (Å²) >= 11 is 0. The van der Waals surface area contributed by atoms with Gasteiger partial charge in [0.15, 0.2) is 0 Å². The van der Waals surface area contributed by atoms with E-state index in [0.717, 1.165) is 17.7 Å². The molecule has 2 aliphatic rings. The van der Waals surface area contributed by atoms with Crippen molar-refractivity contribution in [2.24, 2.45) is 0 Å². The normalized spacial score (nSPS) is 16.3. The van der Waals surface area contributed by atoms with Gasteiger partial charge in [-0.3, -0.25) is 9.10 Å². The number of nitrogens with one attached hydrogen (secondary N) is 1. The molecule has 1 amide bonds. The molecule has 1 N–H and O–H groups in total. The molecule has 6 heteroatoms. The highest BCUT2D eigenvalue weighted by molar-refractivity contribution is 7.93. The Labute approximate surface area is 182 Å². The summed E-state index contributed by atoms with van der Waals surface area (Å²) in [5.74, 6) is -0.00877. The number of sulfonamides is 1. The van der Waals surface area contributed by atoms with Crippen LogP contribution in [0.15, 0.2) is 72.8 Å². The van der Waals surface area contributed by atoms with Crippen molar-refractivity contribution >= 4 is 33.4 Å². The van der Waals surface area contributed by atoms with E-state index >= 15 is 0 Å². The molecule has 1 fully saturated rings. The van der Waals surface area contributed by atoms with Crippen LogP contribution >= 0.6 is 0 Å². The number of rotatable bonds is 4. The first-order valence-corrected chi connectivity index (χ1v) is 11.9. The van der Waals surface area contributed by atoms with Crippen molar-refractivity contribution in [2.75, 3.05) is 21.9 Å². The minimum absolute atomic E-state index is 0.198. The van der Waals surface area contributed by atoms with Crippen LogP contribution in [0, 0.1) is 0 Å². The largest absolute Gasteiger partial charge is 0.323 e. The molecule has 1 aliphatic carbocycles. The van der Waals surface area contributed by atoms with Gasteiger partial charge in [-0.05, 0) is 71.0 Å². The third-order valence-corrected chi connectivity index (χ3v) is 7.64. The van der Waals surface area contributed by atoms with E-state index in [4.69, 9.17) is 0 Å². The van der Waals surface area contributed by atoms with E-state index in [2.05, 4.69) is 29.6 Å². The predicted octanol–water partition coefficient (Wildman–Crippen LogP) is 4.45. The Balaban J connectivity index is 1.24. The van der Waals surface area contributed by atoms with Gasteiger partial charge in [0.25, 0.3) is 0 Å². The van der Waals surface area contributed by atoms with E-state index in [0.29, 0.717) is 18.7 Å². The molecule has 5 rings (SSSR count). The molecule has 3 aromatic rings. The molecular formula is C25H22N2O3S. The molecule has 0 saturated carbocycles. The average Bonchev–Trinajstić information content (AvgIpc) is 3.31. The molecule has 0 spiro atoms. The van der Waals surface area contributed by atoms with Gasteiger partial charge < -0.3 is 5.32 Å². The molecule has 0 atom stereocenters. The van der Waals surface area contributed by atoms with E-state index in [-0.39, 0.29) is 11.7 Å². The van der Waals surface area contributed by atoms with Crippen LogP contribution in [0.4, 0.5) is 11.4 Å². The van der Waals surface area contributed by atoms with Crippen molar-refractivity contribution in [1.29, 1.82) is 0 Å². The first-order chi connectivity index (χ1) is 15.0. The van der Waals surface area contributed by atoms with Crippen LogP contribution in [0.25, 0.3) is 17.2 Å². The smallest absolute Gasteiger partial charge is 0.248 e. The summed E-state index contributed by atoms with van der Waals surface area (Å²) in [7, 11) is -3.18. The molecule has 0 aromatic heterocycles. The van der Waals surface area contributed by atoms with Gasteiger partial charge in [0.05, 0.1) is 11.4 Å². The van der Waals surface area contributed by atoms with E-state index in [9.17, 15) is 13.2 Å². The molecular weight excluding hydrogens is 408 g/mol. The van der Waals surface area contributed by atoms with Crippen molar-refractivity contribution in [3.05, 3.63) is 89.5 Å². The molecule has 31 heavy (non-hydrogen) atoms. The number of anilines is 2. The summed E-state index contributed by atoms with van der Waals surface area (Å²) in [6.07, 6.45) is 4.74. The van der Waals surface area contributed by atoms with E-state index in [1.165, 1.54) is 32.6 Å². The monoisotopic (exact) mass is 430 g/mol. The number of carbonyl (C=O) groups is 1. The van der Waals surface area contributed by atoms with Gasteiger partial charge in [-0.25, -0.2) is 8.42 Å². The lowest BCUT2D eigenvalue weighted by atomic mass is 10.1. The lowest BCUT2D eigenvalue weighted by Crippen LogP contribution is -2.24. The van der Waals surface area contributed by atoms with Gasteiger partial charge >= 0.3 is 0 Å². The van der Waals surface area contributed by atoms with Crippen molar-refractivity contribution in [2.45, 2.75) is 12.8 Å². The van der Waals surface area contributed by atoms with Crippen molar-refractivity contribution in [3.8, 4) is 11.1 Å². The van der Waals surface area contributed by atoms with Crippen molar-refractivity contribution in [3.63, 3.8) is 0 Å². The Kier molecular flexibility index (Phi) is 4.87. The molecule has 156 valence electrons. The highest BCUT2D eigenvalue weighted by atomic mass is 32.2. The molecule has 1 saturated heterocycles. The van der Waals surface area contributed by atoms with E-state index < -0.39 is 10.0 Å². The van der Waals surface area contributed by atoms with Crippen LogP contribution in [0.5, 0.6) is 0 Å². The topological polar surface area (TPSA) is 66.5 Å². The summed E-state index contributed by atoms with van der Waals surface area (Å²) in [6.45, 7) is 0.520. The zero-order valence-corrected chi connectivity index (χ0v) is 17.7. The Morgan fingerprint density at radius 1 is 0.935 bits per heavy atom. The zero-order valence-electron chi connectivity index (χ0n) is 16.9. The predicted molar refractivity (Wildman–Crippen MR) is 125 cm³/mol. The number of hydrogen-bond donors (Lipinski definition) is 1. The summed E-state index contributed by atoms with van der Waals surface area (Å²) in [5.41, 5.74) is 7.29. The minimum Gasteiger partial charge on any atom is -0.323 e. The van der Waals surface area contributed by atoms with Gasteiger partial charge in [-0.15, -0.1) is 0 Å². The number of amides is 1. The quantitative estimate of drug-likeness (QED) is 0.487. The van der Waals surface area contributed by atoms with Gasteiger partial charge in [0.2, 0.25) is 15.9 Å². The SMILES string of the molecule is O=C(/C=C/c1ccc(N2CCCS2(=O)=O)cc1)Nc1ccc2c(c1)Cc1ccccc1-2. The maximum Gasteiger partial charge on any atom is 0.248 e. The molecule has 5 nitrogen and oxygen atoms in total. The Morgan fingerprint density at radius 2 is 1.71 bits per heavy atom. The summed E-state index contributed by atoms with van der Waals surface area (Å²) in [6, 6.07) is 21.6. The Morgan fingerprint density at radius 3 is 2.48 bits per heavy atom. The van der Waals surface area contributed by atoms with E-state index in [1.807, 2.05) is 30.3 Å². The maximum absolute atomic E-state index is 12.4. The zero-order chi connectivity index (χ0) is 21.4. The molecule has 3 aromatic carbocycles. The number of carbonyl (C=O) groups excluding carboxylic acids is 1. The third kappa shape index (κ3) is 3.86. The maximum atomic E-state index is 12.4. The summed E-state index contributed by atoms with van der Waals surface area (Å²) in [4.78, 5) is 12.4. The second kappa shape index (κ2) is 7.71. The van der Waals surface area contributed by atoms with Gasteiger partial charge in [0.1, 0.15) is 0 Å². The highest BCUT2D eigenvalue weighted by Crippen LogP contribution is 2.37. The van der Waals surface area contributed by atoms with Crippen LogP contribution in [0.3, 0.4) is 0 Å². The van der Waals surface area contributed by atoms with Crippen LogP contribution in [0.1, 0.15) is 23.1 Å². The minimum atomic E-state index is -3.18. The molecule has 0 bridgehead atoms. The van der Waals surface area contributed by atoms with Gasteiger partial charge in [-0.1, -0.05) is 42.5 Å². The van der Waals surface area contributed by atoms with Crippen LogP contribution in [0.2, 0.25) is 0 Å². The second-order valence-corrected chi connectivity index (χ2v) is 9.87. The van der Waals surface area contributed by atoms with Crippen molar-refractivity contribution < 1.29 is 13.2 Å². The number of fused-ring (bicyclic) bond motifs is 3. The fourth-order valence-corrected chi connectivity index (χ4v) is 5.82. The van der Waals surface area contributed by atoms with Crippen LogP contribution < -0.4 is 9.62 Å². The van der Waals surface area contributed by atoms with E-state index in [1.54, 1.807) is 18.2 Å². The summed E-state index contributed by atoms with van der Waals surface area (Å²) < 4.78 is 25.5. The standard InChI is InChI=1S/C25H22N2O3S/c28-25(13-8-18-6-10-22(11-7-18)27-14-3-15-31(27,29)30)26-21-9-12-24-20(17-21)16-19-4-1-2-5-23(19)24/h1-2,4-13,17H,3,14-16H2,(H,26,28)/b13-8+. The number of nitrogens with zero attached hydrogens (tertiary/aromatic N) is 1. The van der Waals surface area contributed by atoms with Gasteiger partial charge in [-0.2, -0.15) is 0 Å².